The monoisotopic (exact) mass is 478 g/mol. The van der Waals surface area contributed by atoms with Crippen LogP contribution in [-0.4, -0.2) is 19.0 Å². The van der Waals surface area contributed by atoms with E-state index in [1.807, 2.05) is 31.2 Å². The molecule has 142 valence electrons. The van der Waals surface area contributed by atoms with Gasteiger partial charge in [0.25, 0.3) is 0 Å². The molecular formula is C21H24FIN4. The molecule has 1 fully saturated rings. The molecule has 3 rings (SSSR count). The lowest BCUT2D eigenvalue weighted by Gasteiger charge is -2.19. The van der Waals surface area contributed by atoms with Gasteiger partial charge in [-0.05, 0) is 55.2 Å². The first-order valence-corrected chi connectivity index (χ1v) is 8.92. The average Bonchev–Trinajstić information content (AvgIpc) is 3.45. The minimum atomic E-state index is -0.188. The Kier molecular flexibility index (Phi) is 7.60. The third kappa shape index (κ3) is 5.67. The summed E-state index contributed by atoms with van der Waals surface area (Å²) >= 11 is 0. The summed E-state index contributed by atoms with van der Waals surface area (Å²) in [6, 6.07) is 16.5. The summed E-state index contributed by atoms with van der Waals surface area (Å²) in [7, 11) is 0. The summed E-state index contributed by atoms with van der Waals surface area (Å²) in [6.45, 7) is 4.00. The Labute approximate surface area is 176 Å². The van der Waals surface area contributed by atoms with Crippen LogP contribution in [0.25, 0.3) is 0 Å². The number of nitriles is 1. The van der Waals surface area contributed by atoms with E-state index in [1.54, 1.807) is 18.2 Å². The molecule has 0 atom stereocenters. The highest BCUT2D eigenvalue weighted by Crippen LogP contribution is 2.47. The molecule has 4 nitrogen and oxygen atoms in total. The van der Waals surface area contributed by atoms with Crippen molar-refractivity contribution in [2.75, 3.05) is 13.1 Å². The quantitative estimate of drug-likeness (QED) is 0.374. The van der Waals surface area contributed by atoms with E-state index >= 15 is 0 Å². The molecule has 6 heteroatoms. The molecular weight excluding hydrogens is 454 g/mol. The van der Waals surface area contributed by atoms with Gasteiger partial charge in [-0.25, -0.2) is 9.38 Å². The molecule has 2 aromatic carbocycles. The Morgan fingerprint density at radius 2 is 1.96 bits per heavy atom. The number of benzene rings is 2. The van der Waals surface area contributed by atoms with Crippen LogP contribution in [0.4, 0.5) is 4.39 Å². The maximum Gasteiger partial charge on any atom is 0.191 e. The Balaban J connectivity index is 0.00000261. The predicted octanol–water partition coefficient (Wildman–Crippen LogP) is 4.10. The normalized spacial score (nSPS) is 14.6. The number of guanidine groups is 1. The summed E-state index contributed by atoms with van der Waals surface area (Å²) in [4.78, 5) is 4.61. The summed E-state index contributed by atoms with van der Waals surface area (Å²) in [5.41, 5.74) is 2.67. The maximum atomic E-state index is 13.5. The highest BCUT2D eigenvalue weighted by atomic mass is 127. The molecule has 2 aromatic rings. The minimum absolute atomic E-state index is 0. The van der Waals surface area contributed by atoms with Crippen LogP contribution >= 0.6 is 24.0 Å². The third-order valence-corrected chi connectivity index (χ3v) is 4.70. The first-order valence-electron chi connectivity index (χ1n) is 8.92. The van der Waals surface area contributed by atoms with E-state index in [4.69, 9.17) is 5.26 Å². The average molecular weight is 478 g/mol. The fourth-order valence-electron chi connectivity index (χ4n) is 3.04. The minimum Gasteiger partial charge on any atom is -0.357 e. The van der Waals surface area contributed by atoms with Crippen molar-refractivity contribution in [3.8, 4) is 6.07 Å². The molecule has 0 spiro atoms. The second-order valence-electron chi connectivity index (χ2n) is 6.65. The molecule has 0 amide bonds. The van der Waals surface area contributed by atoms with Crippen LogP contribution in [0.5, 0.6) is 0 Å². The lowest BCUT2D eigenvalue weighted by atomic mass is 9.96. The van der Waals surface area contributed by atoms with Gasteiger partial charge in [-0.2, -0.15) is 5.26 Å². The molecule has 2 N–H and O–H groups in total. The van der Waals surface area contributed by atoms with Gasteiger partial charge < -0.3 is 10.6 Å². The van der Waals surface area contributed by atoms with Gasteiger partial charge in [0.15, 0.2) is 5.96 Å². The first kappa shape index (κ1) is 21.2. The summed E-state index contributed by atoms with van der Waals surface area (Å²) in [5.74, 6) is 0.546. The number of hydrogen-bond acceptors (Lipinski definition) is 2. The molecule has 0 unspecified atom stereocenters. The van der Waals surface area contributed by atoms with Crippen molar-refractivity contribution in [2.24, 2.45) is 4.99 Å². The first-order chi connectivity index (χ1) is 12.6. The molecule has 1 aliphatic carbocycles. The van der Waals surface area contributed by atoms with Crippen LogP contribution in [0.3, 0.4) is 0 Å². The second kappa shape index (κ2) is 9.70. The Bertz CT molecular complexity index is 840. The van der Waals surface area contributed by atoms with Crippen molar-refractivity contribution >= 4 is 29.9 Å². The summed E-state index contributed by atoms with van der Waals surface area (Å²) < 4.78 is 13.5. The van der Waals surface area contributed by atoms with E-state index in [2.05, 4.69) is 21.7 Å². The van der Waals surface area contributed by atoms with Gasteiger partial charge in [0.2, 0.25) is 0 Å². The lowest BCUT2D eigenvalue weighted by Crippen LogP contribution is -2.41. The van der Waals surface area contributed by atoms with E-state index in [1.165, 1.54) is 6.07 Å². The van der Waals surface area contributed by atoms with Gasteiger partial charge >= 0.3 is 0 Å². The molecule has 0 aromatic heterocycles. The van der Waals surface area contributed by atoms with Crippen molar-refractivity contribution in [2.45, 2.75) is 31.7 Å². The Hall–Kier alpha value is -2.14. The zero-order chi connectivity index (χ0) is 18.4. The smallest absolute Gasteiger partial charge is 0.191 e. The van der Waals surface area contributed by atoms with E-state index in [-0.39, 0.29) is 35.2 Å². The van der Waals surface area contributed by atoms with Crippen molar-refractivity contribution in [3.05, 3.63) is 71.0 Å². The van der Waals surface area contributed by atoms with E-state index in [9.17, 15) is 4.39 Å². The zero-order valence-electron chi connectivity index (χ0n) is 15.3. The van der Waals surface area contributed by atoms with Gasteiger partial charge in [0, 0.05) is 18.5 Å². The highest BCUT2D eigenvalue weighted by molar-refractivity contribution is 14.0. The number of aliphatic imine (C=N–C) groups is 1. The van der Waals surface area contributed by atoms with E-state index in [0.29, 0.717) is 12.1 Å². The van der Waals surface area contributed by atoms with Gasteiger partial charge in [-0.15, -0.1) is 24.0 Å². The SMILES string of the molecule is CCNC(=NCc1cccc(C#N)c1)NCC1(c2cccc(F)c2)CC1.I. The summed E-state index contributed by atoms with van der Waals surface area (Å²) in [6.07, 6.45) is 2.10. The number of rotatable bonds is 6. The van der Waals surface area contributed by atoms with Crippen molar-refractivity contribution in [1.29, 1.82) is 5.26 Å². The molecule has 0 radical (unpaired) electrons. The predicted molar refractivity (Wildman–Crippen MR) is 117 cm³/mol. The van der Waals surface area contributed by atoms with Crippen LogP contribution < -0.4 is 10.6 Å². The number of nitrogens with zero attached hydrogens (tertiary/aromatic N) is 2. The van der Waals surface area contributed by atoms with Crippen LogP contribution in [-0.2, 0) is 12.0 Å². The molecule has 0 saturated heterocycles. The number of halogens is 2. The van der Waals surface area contributed by atoms with Gasteiger partial charge in [0.05, 0.1) is 18.2 Å². The zero-order valence-corrected chi connectivity index (χ0v) is 17.7. The standard InChI is InChI=1S/C21H23FN4.HI/c1-2-24-20(25-14-17-6-3-5-16(11-17)13-23)26-15-21(9-10-21)18-7-4-8-19(22)12-18;/h3-8,11-12H,2,9-10,14-15H2,1H3,(H2,24,25,26);1H. The molecule has 0 bridgehead atoms. The maximum absolute atomic E-state index is 13.5. The third-order valence-electron chi connectivity index (χ3n) is 4.70. The van der Waals surface area contributed by atoms with Crippen molar-refractivity contribution < 1.29 is 4.39 Å². The fourth-order valence-corrected chi connectivity index (χ4v) is 3.04. The van der Waals surface area contributed by atoms with Gasteiger partial charge in [-0.3, -0.25) is 0 Å². The highest BCUT2D eigenvalue weighted by Gasteiger charge is 2.44. The van der Waals surface area contributed by atoms with Crippen LogP contribution in [0, 0.1) is 17.1 Å². The summed E-state index contributed by atoms with van der Waals surface area (Å²) in [5, 5.41) is 15.6. The van der Waals surface area contributed by atoms with Crippen LogP contribution in [0.1, 0.15) is 36.5 Å². The van der Waals surface area contributed by atoms with Gasteiger partial charge in [0.1, 0.15) is 5.82 Å². The molecule has 1 aliphatic rings. The van der Waals surface area contributed by atoms with Crippen LogP contribution in [0.2, 0.25) is 0 Å². The fraction of sp³-hybridized carbons (Fsp3) is 0.333. The van der Waals surface area contributed by atoms with Crippen molar-refractivity contribution in [1.82, 2.24) is 10.6 Å². The van der Waals surface area contributed by atoms with Crippen molar-refractivity contribution in [3.63, 3.8) is 0 Å². The van der Waals surface area contributed by atoms with E-state index in [0.717, 1.165) is 43.0 Å². The van der Waals surface area contributed by atoms with Gasteiger partial charge in [-0.1, -0.05) is 24.3 Å². The molecule has 0 aliphatic heterocycles. The Morgan fingerprint density at radius 3 is 2.63 bits per heavy atom. The van der Waals surface area contributed by atoms with E-state index < -0.39 is 0 Å². The van der Waals surface area contributed by atoms with Crippen LogP contribution in [0.15, 0.2) is 53.5 Å². The molecule has 0 heterocycles. The number of hydrogen-bond donors (Lipinski definition) is 2. The topological polar surface area (TPSA) is 60.2 Å². The second-order valence-corrected chi connectivity index (χ2v) is 6.65. The Morgan fingerprint density at radius 1 is 1.19 bits per heavy atom. The molecule has 1 saturated carbocycles. The number of nitrogens with one attached hydrogen (secondary N) is 2. The molecule has 27 heavy (non-hydrogen) atoms. The lowest BCUT2D eigenvalue weighted by molar-refractivity contribution is 0.607. The largest absolute Gasteiger partial charge is 0.357 e.